The Morgan fingerprint density at radius 3 is 0.911 bits per heavy atom. The molecule has 0 N–H and O–H groups in total. The molecule has 10 nitrogen and oxygen atoms in total. The Balaban J connectivity index is 1.27. The van der Waals surface area contributed by atoms with E-state index in [0.29, 0.717) is 41.7 Å². The standard InChI is InChI=1S/C46H38N10/c1-3-33(2)34-29-31-40(32-30-34)55(39-27-17-8-18-28-39)43-51-45-49-41(53(35-19-9-4-10-20-35)36-21-11-5-12-22-36)47-44-48-42(50-46(52-43)56(44)45)54(37-23-13-6-14-24-37)38-25-15-7-16-26-38/h4-33H,3H2,1-2H3. The molecule has 0 radical (unpaired) electrons. The van der Waals surface area contributed by atoms with E-state index in [2.05, 4.69) is 50.2 Å². The largest absolute Gasteiger partial charge is 0.279 e. The van der Waals surface area contributed by atoms with Crippen LogP contribution in [0.15, 0.2) is 206 Å². The molecule has 0 aromatic heterocycles. The van der Waals surface area contributed by atoms with Crippen LogP contribution in [-0.4, -0.2) is 40.7 Å². The van der Waals surface area contributed by atoms with Crippen molar-refractivity contribution in [3.63, 3.8) is 0 Å². The molecule has 0 saturated heterocycles. The van der Waals surface area contributed by atoms with Crippen LogP contribution in [0.1, 0.15) is 31.7 Å². The maximum absolute atomic E-state index is 5.18. The molecule has 3 heterocycles. The summed E-state index contributed by atoms with van der Waals surface area (Å²) in [6, 6.07) is 59.0. The van der Waals surface area contributed by atoms with Crippen molar-refractivity contribution in [2.24, 2.45) is 30.0 Å². The van der Waals surface area contributed by atoms with Crippen molar-refractivity contribution in [1.29, 1.82) is 0 Å². The molecule has 6 aromatic rings. The molecular weight excluding hydrogens is 693 g/mol. The van der Waals surface area contributed by atoms with E-state index in [1.54, 1.807) is 4.90 Å². The van der Waals surface area contributed by atoms with Gasteiger partial charge in [-0.3, -0.25) is 14.7 Å². The highest BCUT2D eigenvalue weighted by atomic mass is 15.6. The van der Waals surface area contributed by atoms with Gasteiger partial charge in [0.15, 0.2) is 0 Å². The zero-order valence-electron chi connectivity index (χ0n) is 31.0. The van der Waals surface area contributed by atoms with Gasteiger partial charge in [-0.1, -0.05) is 117 Å². The molecule has 0 bridgehead atoms. The van der Waals surface area contributed by atoms with Gasteiger partial charge in [0.2, 0.25) is 35.8 Å². The van der Waals surface area contributed by atoms with E-state index in [1.807, 2.05) is 154 Å². The molecule has 0 fully saturated rings. The number of hydrogen-bond donors (Lipinski definition) is 0. The Morgan fingerprint density at radius 2 is 0.643 bits per heavy atom. The van der Waals surface area contributed by atoms with Gasteiger partial charge in [0.25, 0.3) is 0 Å². The summed E-state index contributed by atoms with van der Waals surface area (Å²) in [7, 11) is 0. The Bertz CT molecular complexity index is 2350. The Hall–Kier alpha value is -7.46. The summed E-state index contributed by atoms with van der Waals surface area (Å²) in [6.45, 7) is 4.45. The predicted molar refractivity (Wildman–Crippen MR) is 230 cm³/mol. The summed E-state index contributed by atoms with van der Waals surface area (Å²) in [4.78, 5) is 38.7. The van der Waals surface area contributed by atoms with Gasteiger partial charge in [-0.05, 0) is 90.7 Å². The Kier molecular flexibility index (Phi) is 9.26. The molecule has 1 atom stereocenters. The second-order valence-electron chi connectivity index (χ2n) is 13.4. The van der Waals surface area contributed by atoms with Crippen molar-refractivity contribution < 1.29 is 0 Å². The molecule has 56 heavy (non-hydrogen) atoms. The van der Waals surface area contributed by atoms with Crippen molar-refractivity contribution >= 4 is 69.9 Å². The molecule has 0 spiro atoms. The van der Waals surface area contributed by atoms with E-state index < -0.39 is 0 Å². The van der Waals surface area contributed by atoms with Gasteiger partial charge >= 0.3 is 0 Å². The lowest BCUT2D eigenvalue weighted by atomic mass is 9.98. The summed E-state index contributed by atoms with van der Waals surface area (Å²) >= 11 is 0. The number of anilines is 6. The van der Waals surface area contributed by atoms with Crippen molar-refractivity contribution in [3.8, 4) is 0 Å². The van der Waals surface area contributed by atoms with Gasteiger partial charge in [0.05, 0.1) is 0 Å². The first kappa shape index (κ1) is 34.3. The van der Waals surface area contributed by atoms with Gasteiger partial charge in [-0.15, -0.1) is 0 Å². The summed E-state index contributed by atoms with van der Waals surface area (Å²) in [5.74, 6) is 2.66. The molecule has 6 aromatic carbocycles. The molecule has 0 amide bonds. The predicted octanol–water partition coefficient (Wildman–Crippen LogP) is 10.5. The van der Waals surface area contributed by atoms with Crippen LogP contribution in [-0.2, 0) is 0 Å². The lowest BCUT2D eigenvalue weighted by Gasteiger charge is -2.36. The highest BCUT2D eigenvalue weighted by Gasteiger charge is 2.39. The van der Waals surface area contributed by atoms with Gasteiger partial charge < -0.3 is 0 Å². The van der Waals surface area contributed by atoms with Crippen LogP contribution in [0, 0.1) is 0 Å². The summed E-state index contributed by atoms with van der Waals surface area (Å²) < 4.78 is 0. The first-order valence-electron chi connectivity index (χ1n) is 18.7. The third kappa shape index (κ3) is 6.64. The van der Waals surface area contributed by atoms with Crippen LogP contribution < -0.4 is 14.7 Å². The van der Waals surface area contributed by atoms with Crippen LogP contribution in [0.4, 0.5) is 34.1 Å². The average molecular weight is 731 g/mol. The van der Waals surface area contributed by atoms with E-state index in [-0.39, 0.29) is 0 Å². The molecule has 0 saturated carbocycles. The molecule has 9 rings (SSSR count). The average Bonchev–Trinajstić information content (AvgIpc) is 3.26. The number of guanidine groups is 6. The highest BCUT2D eigenvalue weighted by Crippen LogP contribution is 2.34. The Morgan fingerprint density at radius 1 is 0.375 bits per heavy atom. The minimum atomic E-state index is 0.342. The van der Waals surface area contributed by atoms with E-state index in [1.165, 1.54) is 5.56 Å². The van der Waals surface area contributed by atoms with E-state index >= 15 is 0 Å². The van der Waals surface area contributed by atoms with Crippen molar-refractivity contribution in [2.75, 3.05) is 14.7 Å². The van der Waals surface area contributed by atoms with Crippen molar-refractivity contribution in [2.45, 2.75) is 26.2 Å². The summed E-state index contributed by atoms with van der Waals surface area (Å²) in [5, 5.41) is 0. The lowest BCUT2D eigenvalue weighted by Crippen LogP contribution is -2.51. The zero-order chi connectivity index (χ0) is 37.8. The first-order valence-corrected chi connectivity index (χ1v) is 18.7. The quantitative estimate of drug-likeness (QED) is 0.156. The van der Waals surface area contributed by atoms with Crippen LogP contribution >= 0.6 is 0 Å². The van der Waals surface area contributed by atoms with Gasteiger partial charge in [0.1, 0.15) is 0 Å². The van der Waals surface area contributed by atoms with Crippen LogP contribution in [0.5, 0.6) is 0 Å². The second kappa shape index (κ2) is 15.1. The van der Waals surface area contributed by atoms with Gasteiger partial charge in [-0.25, -0.2) is 4.90 Å². The van der Waals surface area contributed by atoms with E-state index in [9.17, 15) is 0 Å². The van der Waals surface area contributed by atoms with Crippen LogP contribution in [0.25, 0.3) is 0 Å². The third-order valence-corrected chi connectivity index (χ3v) is 9.80. The molecule has 272 valence electrons. The normalized spacial score (nSPS) is 14.9. The van der Waals surface area contributed by atoms with Crippen molar-refractivity contribution in [1.82, 2.24) is 4.90 Å². The number of benzene rings is 6. The lowest BCUT2D eigenvalue weighted by molar-refractivity contribution is 0.733. The van der Waals surface area contributed by atoms with E-state index in [4.69, 9.17) is 30.0 Å². The first-order chi connectivity index (χ1) is 27.6. The topological polar surface area (TPSA) is 87.1 Å². The molecule has 3 aliphatic rings. The number of hydrogen-bond acceptors (Lipinski definition) is 10. The van der Waals surface area contributed by atoms with Crippen molar-refractivity contribution in [3.05, 3.63) is 181 Å². The third-order valence-electron chi connectivity index (χ3n) is 9.80. The minimum Gasteiger partial charge on any atom is -0.279 e. The maximum Gasteiger partial charge on any atom is 0.246 e. The van der Waals surface area contributed by atoms with Gasteiger partial charge in [-0.2, -0.15) is 30.0 Å². The zero-order valence-corrected chi connectivity index (χ0v) is 31.0. The number of para-hydroxylation sites is 5. The summed E-state index contributed by atoms with van der Waals surface area (Å²) in [6.07, 6.45) is 1.05. The molecule has 10 heteroatoms. The second-order valence-corrected chi connectivity index (χ2v) is 13.4. The number of aliphatic imine (C=N–C) groups is 6. The smallest absolute Gasteiger partial charge is 0.246 e. The van der Waals surface area contributed by atoms with Crippen LogP contribution in [0.3, 0.4) is 0 Å². The maximum atomic E-state index is 5.18. The molecular formula is C46H38N10. The molecule has 1 unspecified atom stereocenters. The fourth-order valence-corrected chi connectivity index (χ4v) is 6.77. The molecule has 3 aliphatic heterocycles. The summed E-state index contributed by atoms with van der Waals surface area (Å²) in [5.41, 5.74) is 6.62. The SMILES string of the molecule is CCC(C)c1ccc(N(C2=NC3=NC(N(c4ccccc4)c4ccccc4)=NC4=NC(N(c5ccccc5)c5ccccc5)=NC(=N2)N43)c2ccccc2)cc1. The van der Waals surface area contributed by atoms with E-state index in [0.717, 1.165) is 40.5 Å². The fourth-order valence-electron chi connectivity index (χ4n) is 6.77. The number of rotatable bonds is 8. The highest BCUT2D eigenvalue weighted by molar-refractivity contribution is 6.34. The van der Waals surface area contributed by atoms with Crippen LogP contribution in [0.2, 0.25) is 0 Å². The Labute approximate surface area is 326 Å². The van der Waals surface area contributed by atoms with Gasteiger partial charge in [0, 0.05) is 34.1 Å². The number of nitrogens with zero attached hydrogens (tertiary/aromatic N) is 10. The molecule has 0 aliphatic carbocycles. The fraction of sp³-hybridized carbons (Fsp3) is 0.0870. The monoisotopic (exact) mass is 730 g/mol. The minimum absolute atomic E-state index is 0.342.